The van der Waals surface area contributed by atoms with Gasteiger partial charge in [-0.15, -0.1) is 0 Å². The summed E-state index contributed by atoms with van der Waals surface area (Å²) in [7, 11) is 0. The van der Waals surface area contributed by atoms with Crippen LogP contribution in [-0.2, 0) is 14.3 Å². The molecule has 0 spiro atoms. The van der Waals surface area contributed by atoms with E-state index < -0.39 is 21.5 Å². The lowest BCUT2D eigenvalue weighted by molar-refractivity contribution is -0.152. The lowest BCUT2D eigenvalue weighted by Gasteiger charge is -2.29. The highest BCUT2D eigenvalue weighted by molar-refractivity contribution is 6.53. The van der Waals surface area contributed by atoms with Crippen LogP contribution in [0.5, 0.6) is 0 Å². The van der Waals surface area contributed by atoms with Crippen LogP contribution in [0.25, 0.3) is 0 Å². The molecule has 0 N–H and O–H groups in total. The lowest BCUT2D eigenvalue weighted by atomic mass is 9.96. The summed E-state index contributed by atoms with van der Waals surface area (Å²) in [5.41, 5.74) is -0.202. The third kappa shape index (κ3) is 7.52. The summed E-state index contributed by atoms with van der Waals surface area (Å²) in [5, 5.41) is 0. The van der Waals surface area contributed by atoms with Crippen molar-refractivity contribution in [3.63, 3.8) is 0 Å². The maximum absolute atomic E-state index is 11.7. The van der Waals surface area contributed by atoms with Gasteiger partial charge in [0.1, 0.15) is 0 Å². The van der Waals surface area contributed by atoms with Crippen LogP contribution in [0.1, 0.15) is 20.8 Å². The van der Waals surface area contributed by atoms with Crippen molar-refractivity contribution in [3.8, 4) is 0 Å². The average molecular weight is 339 g/mol. The molecule has 0 radical (unpaired) electrons. The van der Waals surface area contributed by atoms with E-state index in [1.807, 2.05) is 20.8 Å². The Hall–Kier alpha value is 0.1000. The van der Waals surface area contributed by atoms with E-state index in [1.165, 1.54) is 4.90 Å². The van der Waals surface area contributed by atoms with Gasteiger partial charge in [0.25, 0.3) is 5.91 Å². The van der Waals surface area contributed by atoms with Crippen molar-refractivity contribution < 1.29 is 14.3 Å². The monoisotopic (exact) mass is 337 g/mol. The van der Waals surface area contributed by atoms with Crippen molar-refractivity contribution in [3.05, 3.63) is 0 Å². The first-order valence-corrected chi connectivity index (χ1v) is 6.81. The minimum atomic E-state index is -1.29. The fraction of sp³-hybridized carbons (Fsp3) is 0.800. The molecule has 0 bridgehead atoms. The van der Waals surface area contributed by atoms with Crippen LogP contribution in [0.3, 0.4) is 0 Å². The van der Waals surface area contributed by atoms with Gasteiger partial charge in [0.2, 0.25) is 4.84 Å². The van der Waals surface area contributed by atoms with Crippen LogP contribution in [0.4, 0.5) is 0 Å². The average Bonchev–Trinajstić information content (AvgIpc) is 2.20. The Balaban J connectivity index is 4.59. The minimum absolute atomic E-state index is 0.202. The van der Waals surface area contributed by atoms with E-state index in [0.717, 1.165) is 0 Å². The normalized spacial score (nSPS) is 11.8. The molecule has 0 atom stereocenters. The number of hydrogen-bond acceptors (Lipinski definition) is 3. The molecule has 8 heteroatoms. The topological polar surface area (TPSA) is 46.6 Å². The maximum atomic E-state index is 11.7. The number of hydrogen-bond donors (Lipinski definition) is 0. The molecule has 0 aliphatic rings. The summed E-state index contributed by atoms with van der Waals surface area (Å²) in [6, 6.07) is 0. The van der Waals surface area contributed by atoms with Crippen molar-refractivity contribution in [2.75, 3.05) is 13.3 Å². The Morgan fingerprint density at radius 2 is 1.61 bits per heavy atom. The summed E-state index contributed by atoms with van der Waals surface area (Å²) in [5.74, 6) is -1.37. The number of carbonyl (C=O) groups excluding carboxylic acids is 2. The van der Waals surface area contributed by atoms with E-state index in [4.69, 9.17) is 51.1 Å². The molecule has 0 saturated carbocycles. The van der Waals surface area contributed by atoms with E-state index >= 15 is 0 Å². The Bertz CT molecular complexity index is 302. The number of carbonyl (C=O) groups is 2. The van der Waals surface area contributed by atoms with Gasteiger partial charge in [-0.3, -0.25) is 4.79 Å². The van der Waals surface area contributed by atoms with Crippen LogP contribution >= 0.6 is 46.4 Å². The predicted octanol–water partition coefficient (Wildman–Crippen LogP) is 2.97. The van der Waals surface area contributed by atoms with Crippen LogP contribution in [-0.4, -0.2) is 39.7 Å². The third-order valence-corrected chi connectivity index (χ3v) is 2.43. The molecule has 0 fully saturated rings. The van der Waals surface area contributed by atoms with E-state index in [1.54, 1.807) is 0 Å². The maximum Gasteiger partial charge on any atom is 0.341 e. The van der Waals surface area contributed by atoms with Gasteiger partial charge in [-0.05, 0) is 5.41 Å². The van der Waals surface area contributed by atoms with Gasteiger partial charge in [0.05, 0.1) is 0 Å². The van der Waals surface area contributed by atoms with Gasteiger partial charge in [0.15, 0.2) is 11.6 Å². The highest BCUT2D eigenvalue weighted by atomic mass is 35.5. The summed E-state index contributed by atoms with van der Waals surface area (Å²) < 4.78 is 4.77. The zero-order valence-electron chi connectivity index (χ0n) is 10.3. The smallest absolute Gasteiger partial charge is 0.341 e. The van der Waals surface area contributed by atoms with Crippen LogP contribution in [0.15, 0.2) is 0 Å². The fourth-order valence-electron chi connectivity index (χ4n) is 1.10. The third-order valence-electron chi connectivity index (χ3n) is 1.70. The highest BCUT2D eigenvalue weighted by Crippen LogP contribution is 2.18. The van der Waals surface area contributed by atoms with Crippen molar-refractivity contribution in [1.29, 1.82) is 0 Å². The van der Waals surface area contributed by atoms with E-state index in [2.05, 4.69) is 0 Å². The second-order valence-corrected chi connectivity index (χ2v) is 6.98. The summed E-state index contributed by atoms with van der Waals surface area (Å²) in [6.45, 7) is 5.78. The van der Waals surface area contributed by atoms with Crippen molar-refractivity contribution in [1.82, 2.24) is 4.90 Å². The molecule has 0 aliphatic heterocycles. The first-order valence-electron chi connectivity index (χ1n) is 5.06. The molecule has 1 amide bonds. The number of amides is 1. The molecule has 0 aromatic carbocycles. The number of nitrogens with zero attached hydrogens (tertiary/aromatic N) is 1. The highest BCUT2D eigenvalue weighted by Gasteiger charge is 2.26. The number of alkyl halides is 4. The summed E-state index contributed by atoms with van der Waals surface area (Å²) in [6.07, 6.45) is 0. The van der Waals surface area contributed by atoms with Crippen molar-refractivity contribution >= 4 is 58.3 Å². The Morgan fingerprint density at radius 1 is 1.11 bits per heavy atom. The van der Waals surface area contributed by atoms with Crippen molar-refractivity contribution in [2.24, 2.45) is 5.41 Å². The summed E-state index contributed by atoms with van der Waals surface area (Å²) >= 11 is 21.7. The molecule has 0 aromatic heterocycles. The van der Waals surface area contributed by atoms with Gasteiger partial charge in [-0.1, -0.05) is 67.2 Å². The molecule has 0 aliphatic carbocycles. The minimum Gasteiger partial charge on any atom is -0.442 e. The molecule has 0 heterocycles. The number of rotatable bonds is 5. The molecule has 0 aromatic rings. The van der Waals surface area contributed by atoms with Crippen LogP contribution < -0.4 is 0 Å². The van der Waals surface area contributed by atoms with Gasteiger partial charge >= 0.3 is 5.97 Å². The molecule has 18 heavy (non-hydrogen) atoms. The molecule has 4 nitrogen and oxygen atoms in total. The molecule has 106 valence electrons. The fourth-order valence-corrected chi connectivity index (χ4v) is 1.50. The van der Waals surface area contributed by atoms with Gasteiger partial charge in [0, 0.05) is 6.54 Å². The van der Waals surface area contributed by atoms with Gasteiger partial charge in [-0.25, -0.2) is 4.79 Å². The standard InChI is InChI=1S/C10H15Cl4NO3/c1-10(2,3)4-15(8(16)6(11)12)5-18-9(17)7(13)14/h6-7H,4-5H2,1-3H3. The number of halogens is 4. The predicted molar refractivity (Wildman–Crippen MR) is 73.1 cm³/mol. The molecule has 0 saturated heterocycles. The molecular weight excluding hydrogens is 324 g/mol. The van der Waals surface area contributed by atoms with E-state index in [9.17, 15) is 9.59 Å². The van der Waals surface area contributed by atoms with Gasteiger partial charge < -0.3 is 9.64 Å². The summed E-state index contributed by atoms with van der Waals surface area (Å²) in [4.78, 5) is 21.6. The van der Waals surface area contributed by atoms with Crippen LogP contribution in [0, 0.1) is 5.41 Å². The number of ether oxygens (including phenoxy) is 1. The number of esters is 1. The van der Waals surface area contributed by atoms with E-state index in [0.29, 0.717) is 6.54 Å². The van der Waals surface area contributed by atoms with Crippen LogP contribution in [0.2, 0.25) is 0 Å². The first kappa shape index (κ1) is 18.1. The largest absolute Gasteiger partial charge is 0.442 e. The quantitative estimate of drug-likeness (QED) is 0.440. The van der Waals surface area contributed by atoms with Gasteiger partial charge in [-0.2, -0.15) is 0 Å². The second-order valence-electron chi connectivity index (χ2n) is 4.79. The zero-order valence-corrected chi connectivity index (χ0v) is 13.3. The molecule has 0 unspecified atom stereocenters. The Kier molecular flexibility index (Phi) is 7.67. The second kappa shape index (κ2) is 7.63. The van der Waals surface area contributed by atoms with Crippen molar-refractivity contribution in [2.45, 2.75) is 30.4 Å². The SMILES string of the molecule is CC(C)(C)CN(COC(=O)C(Cl)Cl)C(=O)C(Cl)Cl. The zero-order chi connectivity index (χ0) is 14.5. The molecular formula is C10H15Cl4NO3. The first-order chi connectivity index (χ1) is 8.04. The Labute approximate surface area is 126 Å². The van der Waals surface area contributed by atoms with E-state index in [-0.39, 0.29) is 12.1 Å². The molecule has 0 rings (SSSR count). The lowest BCUT2D eigenvalue weighted by Crippen LogP contribution is -2.42. The Morgan fingerprint density at radius 3 is 1.94 bits per heavy atom.